The average Bonchev–Trinajstić information content (AvgIpc) is 0.903. The molecule has 0 radical (unpaired) electrons. The monoisotopic (exact) mass is 1410 g/mol. The molecule has 0 unspecified atom stereocenters. The van der Waals surface area contributed by atoms with Crippen molar-refractivity contribution in [2.75, 3.05) is 57.0 Å². The normalized spacial score (nSPS) is 16.0. The number of hydrogen-bond acceptors (Lipinski definition) is 17. The Labute approximate surface area is 565 Å². The maximum absolute atomic E-state index is 11.9. The summed E-state index contributed by atoms with van der Waals surface area (Å²) in [7, 11) is -5.73. The average molecular weight is 1420 g/mol. The van der Waals surface area contributed by atoms with Crippen LogP contribution in [-0.4, -0.2) is 99.1 Å². The number of fused-ring (bicyclic) bond motifs is 3. The van der Waals surface area contributed by atoms with Crippen LogP contribution in [0.4, 0.5) is 11.5 Å². The second-order valence-corrected chi connectivity index (χ2v) is 34.2. The molecule has 0 atom stereocenters. The number of esters is 1. The lowest BCUT2D eigenvalue weighted by Crippen LogP contribution is -2.48. The van der Waals surface area contributed by atoms with Gasteiger partial charge in [-0.1, -0.05) is 19.0 Å². The number of carbonyl (C=O) groups excluding carboxylic acids is 1. The van der Waals surface area contributed by atoms with E-state index in [9.17, 15) is 31.0 Å². The highest BCUT2D eigenvalue weighted by Crippen LogP contribution is 2.61. The number of benzene rings is 4. The number of H-pyrrole nitrogens is 1. The molecule has 506 valence electrons. The molecule has 0 amide bonds. The highest BCUT2D eigenvalue weighted by atomic mass is 36.0. The van der Waals surface area contributed by atoms with Crippen molar-refractivity contribution in [3.05, 3.63) is 132 Å². The molecule has 2 saturated heterocycles. The molecule has 13 rings (SSSR count). The Bertz CT molecular complexity index is 4200. The topological polar surface area (TPSA) is 350 Å². The van der Waals surface area contributed by atoms with Gasteiger partial charge in [-0.15, -0.1) is 0 Å². The zero-order valence-corrected chi connectivity index (χ0v) is 58.9. The van der Waals surface area contributed by atoms with Gasteiger partial charge in [0.1, 0.15) is 28.4 Å². The molecule has 22 nitrogen and oxygen atoms in total. The van der Waals surface area contributed by atoms with Crippen LogP contribution < -0.4 is 41.2 Å². The van der Waals surface area contributed by atoms with Crippen molar-refractivity contribution in [3.8, 4) is 6.07 Å². The molecule has 0 bridgehead atoms. The van der Waals surface area contributed by atoms with Gasteiger partial charge in [0.2, 0.25) is 0 Å². The predicted octanol–water partition coefficient (Wildman–Crippen LogP) is 12.4. The molecule has 93 heavy (non-hydrogen) atoms. The molecular formula is C64H87Cl4N14O8PS2. The van der Waals surface area contributed by atoms with Crippen LogP contribution in [0.5, 0.6) is 0 Å². The summed E-state index contributed by atoms with van der Waals surface area (Å²) < 4.78 is 61.4. The van der Waals surface area contributed by atoms with Gasteiger partial charge in [-0.3, -0.25) is 9.36 Å². The Morgan fingerprint density at radius 3 is 1.49 bits per heavy atom. The standard InChI is InChI=1S/C18H25N5O2S.C13H13ClN2.C13H14N2O.C10H13NO2.C5H13N3O2S.C4H5N.CH4.Cl3OP/c1-11-7-15-16(8-12(11)2)21-17(14-3-4-14)22-18(15)23-9-13(10-23)5-6-20-26(19,24)25;1-7-5-10-11(6-8(7)2)15-13(9-3-4-9)16-12(10)14;1-7-5-10-11(6-8(7)2)14-12(9-3-4-9)15-13(10)16;1-6-4-8(10(12)13-3)9(11)5-7(6)2;6-11(9,10)8-2-1-5-3-7-4-5;5-3-4-1-2-4;;1-5(2,3)4/h7-8,13-14,20H,3-6,9-10H2,1-2H3,(H2,19,24,25);5-6,9H,3-4H2,1-2H3;5-6,9H,3-4H2,1-2H3,(H,14,15,16);4-5H,11H2,1-3H3;5,7-8H,1-4H2,(H2,6,9,10);4H,1-2H2;1H4;. The lowest BCUT2D eigenvalue weighted by atomic mass is 9.95. The lowest BCUT2D eigenvalue weighted by molar-refractivity contribution is 0.0601. The van der Waals surface area contributed by atoms with Crippen LogP contribution >= 0.6 is 50.5 Å². The molecule has 7 aromatic rings. The Morgan fingerprint density at radius 2 is 1.06 bits per heavy atom. The van der Waals surface area contributed by atoms with Gasteiger partial charge in [0.05, 0.1) is 40.7 Å². The van der Waals surface area contributed by atoms with E-state index in [0.717, 1.165) is 132 Å². The first-order valence-corrected chi connectivity index (χ1v) is 38.3. The molecule has 3 aromatic heterocycles. The fraction of sp³-hybridized carbons (Fsp3) is 0.500. The van der Waals surface area contributed by atoms with Gasteiger partial charge in [0, 0.05) is 66.3 Å². The summed E-state index contributed by atoms with van der Waals surface area (Å²) in [6, 6.07) is 18.1. The van der Waals surface area contributed by atoms with Crippen LogP contribution in [0, 0.1) is 84.5 Å². The number of anilines is 2. The predicted molar refractivity (Wildman–Crippen MR) is 376 cm³/mol. The van der Waals surface area contributed by atoms with E-state index >= 15 is 0 Å². The number of nitriles is 1. The minimum Gasteiger partial charge on any atom is -0.465 e. The van der Waals surface area contributed by atoms with E-state index in [1.807, 2.05) is 32.9 Å². The smallest absolute Gasteiger partial charge is 0.339 e. The van der Waals surface area contributed by atoms with Crippen LogP contribution in [0.3, 0.4) is 0 Å². The number of rotatable bonds is 13. The zero-order chi connectivity index (χ0) is 67.6. The number of nitrogens with two attached hydrogens (primary N) is 3. The molecule has 4 saturated carbocycles. The van der Waals surface area contributed by atoms with E-state index in [1.165, 1.54) is 60.6 Å². The van der Waals surface area contributed by atoms with Crippen molar-refractivity contribution in [2.24, 2.45) is 28.0 Å². The van der Waals surface area contributed by atoms with E-state index in [2.05, 4.69) is 143 Å². The number of hydrogen-bond donors (Lipinski definition) is 7. The van der Waals surface area contributed by atoms with Crippen LogP contribution in [-0.2, 0) is 29.7 Å². The number of nitrogen functional groups attached to an aromatic ring is 1. The number of nitrogens with one attached hydrogen (secondary N) is 4. The largest absolute Gasteiger partial charge is 0.465 e. The molecular weight excluding hydrogens is 1330 g/mol. The third-order valence-corrected chi connectivity index (χ3v) is 17.9. The highest BCUT2D eigenvalue weighted by molar-refractivity contribution is 8.24. The molecule has 4 aromatic carbocycles. The lowest BCUT2D eigenvalue weighted by Gasteiger charge is -2.41. The summed E-state index contributed by atoms with van der Waals surface area (Å²) in [5.74, 6) is 6.43. The number of aromatic nitrogens is 6. The summed E-state index contributed by atoms with van der Waals surface area (Å²) in [4.78, 5) is 51.5. The van der Waals surface area contributed by atoms with E-state index in [4.69, 9.17) is 42.8 Å². The first kappa shape index (κ1) is 76.4. The van der Waals surface area contributed by atoms with Crippen LogP contribution in [0.25, 0.3) is 32.7 Å². The number of ether oxygens (including phenoxy) is 1. The SMILES string of the molecule is C.COC(=O)c1cc(C)c(C)cc1N.Cc1cc2nc(C3CC3)[nH]c(=O)c2cc1C.Cc1cc2nc(C3CC3)nc(Cl)c2cc1C.Cc1cc2nc(C3CC3)nc(N3CC(CCNS(N)(=O)=O)C3)c2cc1C.N#CC1CC1.NS(=O)(=O)NCCC1CNC1.O=P(Cl)(Cl)Cl. The fourth-order valence-electron chi connectivity index (χ4n) is 9.64. The Kier molecular flexibility index (Phi) is 27.4. The maximum Gasteiger partial charge on any atom is 0.339 e. The van der Waals surface area contributed by atoms with Gasteiger partial charge in [0.25, 0.3) is 26.0 Å². The minimum absolute atomic E-state index is 0. The van der Waals surface area contributed by atoms with E-state index < -0.39 is 25.6 Å². The molecule has 6 fully saturated rings. The second kappa shape index (κ2) is 33.3. The summed E-state index contributed by atoms with van der Waals surface area (Å²) >= 11 is 20.1. The Balaban J connectivity index is 0.000000182. The van der Waals surface area contributed by atoms with Crippen LogP contribution in [0.15, 0.2) is 53.3 Å². The van der Waals surface area contributed by atoms with Gasteiger partial charge < -0.3 is 25.7 Å². The van der Waals surface area contributed by atoms with Crippen molar-refractivity contribution in [1.82, 2.24) is 44.7 Å². The fourth-order valence-corrected chi connectivity index (χ4v) is 10.7. The summed E-state index contributed by atoms with van der Waals surface area (Å²) in [6.07, 6.45) is 11.0. The first-order chi connectivity index (χ1) is 43.2. The maximum atomic E-state index is 11.9. The molecule has 5 heterocycles. The van der Waals surface area contributed by atoms with E-state index in [0.29, 0.717) is 70.4 Å². The molecule has 2 aliphatic heterocycles. The minimum atomic E-state index is -3.60. The van der Waals surface area contributed by atoms with Gasteiger partial charge in [-0.2, -0.15) is 22.1 Å². The number of methoxy groups -OCH3 is 1. The number of carbonyl (C=O) groups is 1. The summed E-state index contributed by atoms with van der Waals surface area (Å²) in [6.45, 7) is 21.0. The van der Waals surface area contributed by atoms with Crippen molar-refractivity contribution in [3.63, 3.8) is 0 Å². The number of aromatic amines is 1. The quantitative estimate of drug-likeness (QED) is 0.0244. The number of halogens is 4. The van der Waals surface area contributed by atoms with Crippen molar-refractivity contribution in [1.29, 1.82) is 5.26 Å². The number of aryl methyl sites for hydroxylation is 8. The summed E-state index contributed by atoms with van der Waals surface area (Å²) in [5.41, 5.74) is 18.8. The van der Waals surface area contributed by atoms with Crippen molar-refractivity contribution in [2.45, 2.75) is 145 Å². The van der Waals surface area contributed by atoms with Crippen LogP contribution in [0.2, 0.25) is 5.15 Å². The third-order valence-electron chi connectivity index (χ3n) is 16.4. The van der Waals surface area contributed by atoms with Crippen molar-refractivity contribution >= 4 is 121 Å². The molecule has 0 spiro atoms. The third kappa shape index (κ3) is 24.5. The molecule has 6 aliphatic rings. The summed E-state index contributed by atoms with van der Waals surface area (Å²) in [5, 5.41) is 20.9. The molecule has 10 N–H and O–H groups in total. The Hall–Kier alpha value is -5.65. The Morgan fingerprint density at radius 1 is 0.645 bits per heavy atom. The molecule has 4 aliphatic carbocycles. The molecule has 29 heteroatoms. The van der Waals surface area contributed by atoms with Gasteiger partial charge in [0.15, 0.2) is 0 Å². The van der Waals surface area contributed by atoms with E-state index in [1.54, 1.807) is 12.1 Å². The highest BCUT2D eigenvalue weighted by Gasteiger charge is 2.33. The van der Waals surface area contributed by atoms with Gasteiger partial charge >= 0.3 is 11.2 Å². The van der Waals surface area contributed by atoms with E-state index in [-0.39, 0.29) is 19.0 Å². The van der Waals surface area contributed by atoms with Crippen molar-refractivity contribution < 1.29 is 30.9 Å². The number of nitrogens with zero attached hydrogens (tertiary/aromatic N) is 7. The van der Waals surface area contributed by atoms with Gasteiger partial charge in [-0.25, -0.2) is 49.4 Å². The van der Waals surface area contributed by atoms with Crippen LogP contribution in [0.1, 0.15) is 162 Å². The van der Waals surface area contributed by atoms with Gasteiger partial charge in [-0.05, 0) is 271 Å². The first-order valence-electron chi connectivity index (χ1n) is 30.5. The zero-order valence-electron chi connectivity index (χ0n) is 53.3. The second-order valence-electron chi connectivity index (χ2n) is 24.5.